The Kier molecular flexibility index (Phi) is 3.23. The summed E-state index contributed by atoms with van der Waals surface area (Å²) in [6.45, 7) is 6.12. The Bertz CT molecular complexity index is 524. The van der Waals surface area contributed by atoms with Gasteiger partial charge in [-0.3, -0.25) is 4.79 Å². The zero-order chi connectivity index (χ0) is 12.3. The van der Waals surface area contributed by atoms with Crippen molar-refractivity contribution in [1.29, 1.82) is 0 Å². The van der Waals surface area contributed by atoms with Gasteiger partial charge in [-0.1, -0.05) is 24.3 Å². The van der Waals surface area contributed by atoms with Crippen molar-refractivity contribution >= 4 is 16.9 Å². The van der Waals surface area contributed by atoms with Gasteiger partial charge in [0.25, 0.3) is 0 Å². The summed E-state index contributed by atoms with van der Waals surface area (Å²) < 4.78 is 0. The van der Waals surface area contributed by atoms with Gasteiger partial charge in [-0.05, 0) is 19.1 Å². The van der Waals surface area contributed by atoms with Crippen molar-refractivity contribution in [2.75, 3.05) is 6.54 Å². The fourth-order valence-electron chi connectivity index (χ4n) is 1.55. The van der Waals surface area contributed by atoms with Gasteiger partial charge in [0.15, 0.2) is 0 Å². The number of H-pyrrole nitrogens is 1. The lowest BCUT2D eigenvalue weighted by Gasteiger charge is -2.02. The van der Waals surface area contributed by atoms with Crippen LogP contribution in [0, 0.1) is 0 Å². The fourth-order valence-corrected chi connectivity index (χ4v) is 1.55. The number of aromatic amines is 1. The average molecular weight is 229 g/mol. The first-order chi connectivity index (χ1) is 8.15. The molecular formula is C13H15N3O. The number of carbonyl (C=O) groups excluding carboxylic acids is 1. The molecule has 1 aromatic heterocycles. The van der Waals surface area contributed by atoms with Gasteiger partial charge in [-0.15, -0.1) is 0 Å². The van der Waals surface area contributed by atoms with Crippen LogP contribution in [0.3, 0.4) is 0 Å². The summed E-state index contributed by atoms with van der Waals surface area (Å²) in [7, 11) is 0. The standard InChI is InChI=1S/C13H15N3O/c1-9(2)8-14-13(17)7-12-15-10-5-3-4-6-11(10)16-12/h3-6H,1,7-8H2,2H3,(H,14,17)(H,15,16). The van der Waals surface area contributed by atoms with Gasteiger partial charge >= 0.3 is 0 Å². The summed E-state index contributed by atoms with van der Waals surface area (Å²) >= 11 is 0. The molecule has 0 atom stereocenters. The molecule has 0 aliphatic carbocycles. The lowest BCUT2D eigenvalue weighted by atomic mass is 10.3. The summed E-state index contributed by atoms with van der Waals surface area (Å²) in [6, 6.07) is 7.72. The summed E-state index contributed by atoms with van der Waals surface area (Å²) in [5.74, 6) is 0.637. The van der Waals surface area contributed by atoms with Gasteiger partial charge in [0, 0.05) is 6.54 Å². The Labute approximate surface area is 99.8 Å². The Balaban J connectivity index is 2.03. The lowest BCUT2D eigenvalue weighted by molar-refractivity contribution is -0.120. The van der Waals surface area contributed by atoms with Crippen LogP contribution in [0.1, 0.15) is 12.7 Å². The molecule has 4 nitrogen and oxygen atoms in total. The van der Waals surface area contributed by atoms with Crippen molar-refractivity contribution in [2.24, 2.45) is 0 Å². The van der Waals surface area contributed by atoms with Crippen LogP contribution in [0.4, 0.5) is 0 Å². The molecule has 0 aliphatic heterocycles. The topological polar surface area (TPSA) is 57.8 Å². The van der Waals surface area contributed by atoms with E-state index in [4.69, 9.17) is 0 Å². The third-order valence-corrected chi connectivity index (χ3v) is 2.35. The van der Waals surface area contributed by atoms with Crippen LogP contribution in [0.5, 0.6) is 0 Å². The third kappa shape index (κ3) is 2.93. The highest BCUT2D eigenvalue weighted by atomic mass is 16.1. The lowest BCUT2D eigenvalue weighted by Crippen LogP contribution is -2.26. The number of rotatable bonds is 4. The maximum absolute atomic E-state index is 11.6. The molecule has 2 N–H and O–H groups in total. The molecule has 2 rings (SSSR count). The van der Waals surface area contributed by atoms with E-state index in [-0.39, 0.29) is 12.3 Å². The quantitative estimate of drug-likeness (QED) is 0.785. The third-order valence-electron chi connectivity index (χ3n) is 2.35. The molecule has 0 spiro atoms. The molecule has 4 heteroatoms. The number of carbonyl (C=O) groups is 1. The predicted molar refractivity (Wildman–Crippen MR) is 67.6 cm³/mol. The molecule has 0 fully saturated rings. The Morgan fingerprint density at radius 2 is 2.24 bits per heavy atom. The van der Waals surface area contributed by atoms with Crippen LogP contribution in [-0.2, 0) is 11.2 Å². The summed E-state index contributed by atoms with van der Waals surface area (Å²) in [6.07, 6.45) is 0.266. The second-order valence-corrected chi connectivity index (χ2v) is 4.11. The minimum absolute atomic E-state index is 0.0490. The van der Waals surface area contributed by atoms with E-state index in [0.29, 0.717) is 12.4 Å². The number of aromatic nitrogens is 2. The number of nitrogens with one attached hydrogen (secondary N) is 2. The molecule has 17 heavy (non-hydrogen) atoms. The molecule has 0 saturated carbocycles. The minimum atomic E-state index is -0.0490. The zero-order valence-electron chi connectivity index (χ0n) is 9.79. The highest BCUT2D eigenvalue weighted by Gasteiger charge is 2.07. The molecule has 0 radical (unpaired) electrons. The van der Waals surface area contributed by atoms with Crippen LogP contribution in [0.2, 0.25) is 0 Å². The number of para-hydroxylation sites is 2. The van der Waals surface area contributed by atoms with Gasteiger partial charge in [0.1, 0.15) is 5.82 Å². The summed E-state index contributed by atoms with van der Waals surface area (Å²) in [5, 5.41) is 2.78. The number of fused-ring (bicyclic) bond motifs is 1. The Morgan fingerprint density at radius 1 is 1.47 bits per heavy atom. The number of imidazole rings is 1. The van der Waals surface area contributed by atoms with Crippen molar-refractivity contribution in [1.82, 2.24) is 15.3 Å². The van der Waals surface area contributed by atoms with Crippen LogP contribution < -0.4 is 5.32 Å². The van der Waals surface area contributed by atoms with Gasteiger partial charge in [0.2, 0.25) is 5.91 Å². The van der Waals surface area contributed by atoms with E-state index < -0.39 is 0 Å². The number of amides is 1. The van der Waals surface area contributed by atoms with Gasteiger partial charge in [0.05, 0.1) is 17.5 Å². The molecule has 0 bridgehead atoms. The maximum Gasteiger partial charge on any atom is 0.227 e. The Hall–Kier alpha value is -2.10. The van der Waals surface area contributed by atoms with Gasteiger partial charge in [-0.25, -0.2) is 4.98 Å². The normalized spacial score (nSPS) is 10.4. The highest BCUT2D eigenvalue weighted by Crippen LogP contribution is 2.10. The van der Waals surface area contributed by atoms with E-state index in [2.05, 4.69) is 21.9 Å². The van der Waals surface area contributed by atoms with E-state index in [0.717, 1.165) is 16.6 Å². The first kappa shape index (κ1) is 11.4. The minimum Gasteiger partial charge on any atom is -0.352 e. The van der Waals surface area contributed by atoms with E-state index in [1.165, 1.54) is 0 Å². The summed E-state index contributed by atoms with van der Waals surface area (Å²) in [4.78, 5) is 19.0. The fraction of sp³-hybridized carbons (Fsp3) is 0.231. The molecule has 2 aromatic rings. The van der Waals surface area contributed by atoms with E-state index in [9.17, 15) is 4.79 Å². The highest BCUT2D eigenvalue weighted by molar-refractivity contribution is 5.80. The maximum atomic E-state index is 11.6. The Morgan fingerprint density at radius 3 is 2.94 bits per heavy atom. The molecule has 1 aromatic carbocycles. The number of hydrogen-bond acceptors (Lipinski definition) is 2. The van der Waals surface area contributed by atoms with Crippen molar-refractivity contribution in [3.63, 3.8) is 0 Å². The second kappa shape index (κ2) is 4.82. The average Bonchev–Trinajstić information content (AvgIpc) is 2.68. The smallest absolute Gasteiger partial charge is 0.227 e. The molecule has 88 valence electrons. The molecular weight excluding hydrogens is 214 g/mol. The van der Waals surface area contributed by atoms with E-state index in [1.54, 1.807) is 0 Å². The molecule has 0 unspecified atom stereocenters. The van der Waals surface area contributed by atoms with Crippen LogP contribution in [-0.4, -0.2) is 22.4 Å². The molecule has 0 saturated heterocycles. The second-order valence-electron chi connectivity index (χ2n) is 4.11. The zero-order valence-corrected chi connectivity index (χ0v) is 9.79. The predicted octanol–water partition coefficient (Wildman–Crippen LogP) is 1.80. The van der Waals surface area contributed by atoms with E-state index >= 15 is 0 Å². The SMILES string of the molecule is C=C(C)CNC(=O)Cc1nc2ccccc2[nH]1. The van der Waals surface area contributed by atoms with Gasteiger partial charge < -0.3 is 10.3 Å². The van der Waals surface area contributed by atoms with Crippen molar-refractivity contribution < 1.29 is 4.79 Å². The summed E-state index contributed by atoms with van der Waals surface area (Å²) in [5.41, 5.74) is 2.77. The van der Waals surface area contributed by atoms with Crippen molar-refractivity contribution in [3.8, 4) is 0 Å². The first-order valence-electron chi connectivity index (χ1n) is 5.50. The number of benzene rings is 1. The van der Waals surface area contributed by atoms with Gasteiger partial charge in [-0.2, -0.15) is 0 Å². The van der Waals surface area contributed by atoms with Crippen molar-refractivity contribution in [2.45, 2.75) is 13.3 Å². The number of nitrogens with zero attached hydrogens (tertiary/aromatic N) is 1. The first-order valence-corrected chi connectivity index (χ1v) is 5.50. The van der Waals surface area contributed by atoms with Crippen molar-refractivity contribution in [3.05, 3.63) is 42.2 Å². The molecule has 1 heterocycles. The monoisotopic (exact) mass is 229 g/mol. The largest absolute Gasteiger partial charge is 0.352 e. The van der Waals surface area contributed by atoms with Crippen LogP contribution >= 0.6 is 0 Å². The molecule has 1 amide bonds. The van der Waals surface area contributed by atoms with Crippen LogP contribution in [0.15, 0.2) is 36.4 Å². The van der Waals surface area contributed by atoms with Crippen LogP contribution in [0.25, 0.3) is 11.0 Å². The molecule has 0 aliphatic rings. The van der Waals surface area contributed by atoms with E-state index in [1.807, 2.05) is 31.2 Å². The number of hydrogen-bond donors (Lipinski definition) is 2.